The van der Waals surface area contributed by atoms with Gasteiger partial charge in [-0.25, -0.2) is 9.97 Å². The Labute approximate surface area is 173 Å². The lowest BCUT2D eigenvalue weighted by Gasteiger charge is -2.38. The molecule has 6 nitrogen and oxygen atoms in total. The molecular weight excluding hydrogens is 360 g/mol. The second kappa shape index (κ2) is 8.66. The fourth-order valence-electron chi connectivity index (χ4n) is 3.97. The average molecular weight is 391 g/mol. The minimum Gasteiger partial charge on any atom is -0.368 e. The summed E-state index contributed by atoms with van der Waals surface area (Å²) in [6, 6.07) is 12.8. The van der Waals surface area contributed by atoms with Gasteiger partial charge in [0, 0.05) is 70.0 Å². The summed E-state index contributed by atoms with van der Waals surface area (Å²) in [4.78, 5) is 14.0. The van der Waals surface area contributed by atoms with Gasteiger partial charge in [0.15, 0.2) is 0 Å². The maximum atomic E-state index is 4.71. The Morgan fingerprint density at radius 2 is 1.66 bits per heavy atom. The molecule has 1 aliphatic heterocycles. The van der Waals surface area contributed by atoms with Crippen LogP contribution in [0.15, 0.2) is 48.8 Å². The first-order chi connectivity index (χ1) is 14.1. The monoisotopic (exact) mass is 390 g/mol. The zero-order valence-electron chi connectivity index (χ0n) is 17.6. The van der Waals surface area contributed by atoms with Crippen LogP contribution in [0.5, 0.6) is 0 Å². The van der Waals surface area contributed by atoms with Gasteiger partial charge in [-0.3, -0.25) is 0 Å². The predicted molar refractivity (Wildman–Crippen MR) is 118 cm³/mol. The molecular formula is C23H30N6. The van der Waals surface area contributed by atoms with Gasteiger partial charge in [-0.1, -0.05) is 24.3 Å². The van der Waals surface area contributed by atoms with Crippen molar-refractivity contribution in [1.29, 1.82) is 0 Å². The van der Waals surface area contributed by atoms with E-state index in [1.807, 2.05) is 25.4 Å². The van der Waals surface area contributed by atoms with Gasteiger partial charge in [-0.05, 0) is 31.5 Å². The molecule has 1 aliphatic rings. The first-order valence-corrected chi connectivity index (χ1v) is 10.3. The maximum absolute atomic E-state index is 4.71. The topological polar surface area (TPSA) is 49.2 Å². The normalized spacial score (nSPS) is 14.4. The lowest BCUT2D eigenvalue weighted by Crippen LogP contribution is -2.47. The highest BCUT2D eigenvalue weighted by molar-refractivity contribution is 5.55. The molecule has 4 rings (SSSR count). The summed E-state index contributed by atoms with van der Waals surface area (Å²) in [6.45, 7) is 9.81. The van der Waals surface area contributed by atoms with Gasteiger partial charge < -0.3 is 19.7 Å². The third-order valence-electron chi connectivity index (χ3n) is 5.84. The van der Waals surface area contributed by atoms with Crippen molar-refractivity contribution >= 4 is 11.5 Å². The minimum absolute atomic E-state index is 0.797. The Balaban J connectivity index is 1.38. The third-order valence-corrected chi connectivity index (χ3v) is 5.84. The van der Waals surface area contributed by atoms with Crippen molar-refractivity contribution in [2.75, 3.05) is 36.0 Å². The van der Waals surface area contributed by atoms with Crippen molar-refractivity contribution in [3.63, 3.8) is 0 Å². The molecule has 1 saturated heterocycles. The molecule has 0 atom stereocenters. The van der Waals surface area contributed by atoms with Crippen LogP contribution in [0.1, 0.15) is 22.6 Å². The smallest absolute Gasteiger partial charge is 0.133 e. The number of pyridine rings is 1. The summed E-state index contributed by atoms with van der Waals surface area (Å²) in [7, 11) is 2.06. The Morgan fingerprint density at radius 1 is 0.897 bits per heavy atom. The second-order valence-electron chi connectivity index (χ2n) is 7.71. The molecule has 29 heavy (non-hydrogen) atoms. The number of anilines is 2. The number of imidazole rings is 1. The molecule has 2 aromatic heterocycles. The molecule has 0 radical (unpaired) electrons. The van der Waals surface area contributed by atoms with Crippen LogP contribution in [0.4, 0.5) is 11.5 Å². The summed E-state index contributed by atoms with van der Waals surface area (Å²) < 4.78 is 2.13. The maximum Gasteiger partial charge on any atom is 0.133 e. The Hall–Kier alpha value is -2.86. The molecule has 0 unspecified atom stereocenters. The standard InChI is InChI=1S/C23H30N6/c1-18-7-4-5-9-22(18)28-11-13-29(14-12-28)23-20(8-6-10-25-23)15-24-16-21-17-26-19(2)27(21)3/h4-10,17,24H,11-16H2,1-3H3. The lowest BCUT2D eigenvalue weighted by atomic mass is 10.1. The van der Waals surface area contributed by atoms with Gasteiger partial charge >= 0.3 is 0 Å². The molecule has 1 fully saturated rings. The molecule has 0 bridgehead atoms. The van der Waals surface area contributed by atoms with Gasteiger partial charge in [-0.15, -0.1) is 0 Å². The quantitative estimate of drug-likeness (QED) is 0.701. The van der Waals surface area contributed by atoms with E-state index in [1.54, 1.807) is 0 Å². The molecule has 3 aromatic rings. The van der Waals surface area contributed by atoms with Crippen LogP contribution < -0.4 is 15.1 Å². The summed E-state index contributed by atoms with van der Waals surface area (Å²) in [5.74, 6) is 2.14. The number of aromatic nitrogens is 3. The zero-order chi connectivity index (χ0) is 20.2. The summed E-state index contributed by atoms with van der Waals surface area (Å²) in [6.07, 6.45) is 3.84. The number of hydrogen-bond donors (Lipinski definition) is 1. The SMILES string of the molecule is Cc1ccccc1N1CCN(c2ncccc2CNCc2cnc(C)n2C)CC1. The van der Waals surface area contributed by atoms with Crippen LogP contribution in [-0.2, 0) is 20.1 Å². The zero-order valence-corrected chi connectivity index (χ0v) is 17.6. The van der Waals surface area contributed by atoms with Crippen molar-refractivity contribution < 1.29 is 0 Å². The van der Waals surface area contributed by atoms with Crippen molar-refractivity contribution in [2.45, 2.75) is 26.9 Å². The number of piperazine rings is 1. The molecule has 0 aliphatic carbocycles. The van der Waals surface area contributed by atoms with Crippen molar-refractivity contribution in [3.05, 3.63) is 71.4 Å². The van der Waals surface area contributed by atoms with Crippen molar-refractivity contribution in [3.8, 4) is 0 Å². The van der Waals surface area contributed by atoms with E-state index < -0.39 is 0 Å². The van der Waals surface area contributed by atoms with E-state index >= 15 is 0 Å². The summed E-state index contributed by atoms with van der Waals surface area (Å²) in [5.41, 5.74) is 5.13. The fourth-order valence-corrected chi connectivity index (χ4v) is 3.97. The number of para-hydroxylation sites is 1. The molecule has 1 N–H and O–H groups in total. The molecule has 0 amide bonds. The van der Waals surface area contributed by atoms with Gasteiger partial charge in [0.2, 0.25) is 0 Å². The van der Waals surface area contributed by atoms with E-state index in [0.717, 1.165) is 50.9 Å². The highest BCUT2D eigenvalue weighted by Gasteiger charge is 2.21. The van der Waals surface area contributed by atoms with Gasteiger partial charge in [0.05, 0.1) is 5.69 Å². The Bertz CT molecular complexity index is 956. The van der Waals surface area contributed by atoms with E-state index in [0.29, 0.717) is 0 Å². The van der Waals surface area contributed by atoms with Crippen LogP contribution in [0, 0.1) is 13.8 Å². The number of nitrogens with zero attached hydrogens (tertiary/aromatic N) is 5. The van der Waals surface area contributed by atoms with Gasteiger partial charge in [0.1, 0.15) is 11.6 Å². The predicted octanol–water partition coefficient (Wildman–Crippen LogP) is 3.05. The highest BCUT2D eigenvalue weighted by atomic mass is 15.3. The summed E-state index contributed by atoms with van der Waals surface area (Å²) >= 11 is 0. The molecule has 0 spiro atoms. The van der Waals surface area contributed by atoms with Gasteiger partial charge in [-0.2, -0.15) is 0 Å². The fraction of sp³-hybridized carbons (Fsp3) is 0.391. The average Bonchev–Trinajstić information content (AvgIpc) is 3.07. The molecule has 152 valence electrons. The molecule has 1 aromatic carbocycles. The first kappa shape index (κ1) is 19.5. The number of nitrogens with one attached hydrogen (secondary N) is 1. The number of hydrogen-bond acceptors (Lipinski definition) is 5. The number of aryl methyl sites for hydroxylation is 2. The van der Waals surface area contributed by atoms with E-state index in [1.165, 1.54) is 22.5 Å². The molecule has 6 heteroatoms. The van der Waals surface area contributed by atoms with Crippen LogP contribution in [-0.4, -0.2) is 40.7 Å². The van der Waals surface area contributed by atoms with Gasteiger partial charge in [0.25, 0.3) is 0 Å². The molecule has 0 saturated carbocycles. The Morgan fingerprint density at radius 3 is 2.38 bits per heavy atom. The van der Waals surface area contributed by atoms with Crippen LogP contribution in [0.3, 0.4) is 0 Å². The van der Waals surface area contributed by atoms with Crippen molar-refractivity contribution in [1.82, 2.24) is 19.9 Å². The Kier molecular flexibility index (Phi) is 5.81. The van der Waals surface area contributed by atoms with E-state index in [-0.39, 0.29) is 0 Å². The highest BCUT2D eigenvalue weighted by Crippen LogP contribution is 2.24. The van der Waals surface area contributed by atoms with E-state index in [4.69, 9.17) is 4.98 Å². The van der Waals surface area contributed by atoms with Crippen LogP contribution in [0.2, 0.25) is 0 Å². The third kappa shape index (κ3) is 4.27. The van der Waals surface area contributed by atoms with Crippen LogP contribution >= 0.6 is 0 Å². The number of rotatable bonds is 6. The lowest BCUT2D eigenvalue weighted by molar-refractivity contribution is 0.627. The van der Waals surface area contributed by atoms with Crippen molar-refractivity contribution in [2.24, 2.45) is 7.05 Å². The minimum atomic E-state index is 0.797. The van der Waals surface area contributed by atoms with Crippen LogP contribution in [0.25, 0.3) is 0 Å². The largest absolute Gasteiger partial charge is 0.368 e. The first-order valence-electron chi connectivity index (χ1n) is 10.3. The van der Waals surface area contributed by atoms with E-state index in [2.05, 4.69) is 69.0 Å². The summed E-state index contributed by atoms with van der Waals surface area (Å²) in [5, 5.41) is 3.56. The number of benzene rings is 1. The second-order valence-corrected chi connectivity index (χ2v) is 7.71. The molecule has 3 heterocycles. The van der Waals surface area contributed by atoms with E-state index in [9.17, 15) is 0 Å².